The molecule has 3 nitrogen and oxygen atoms in total. The minimum atomic E-state index is -0.0557. The Morgan fingerprint density at radius 3 is 2.94 bits per heavy atom. The van der Waals surface area contributed by atoms with Crippen molar-refractivity contribution in [2.24, 2.45) is 0 Å². The van der Waals surface area contributed by atoms with Crippen molar-refractivity contribution in [3.63, 3.8) is 0 Å². The van der Waals surface area contributed by atoms with Gasteiger partial charge in [-0.05, 0) is 44.2 Å². The van der Waals surface area contributed by atoms with Crippen LogP contribution < -0.4 is 5.32 Å². The summed E-state index contributed by atoms with van der Waals surface area (Å²) in [4.78, 5) is 15.7. The van der Waals surface area contributed by atoms with E-state index >= 15 is 0 Å². The van der Waals surface area contributed by atoms with E-state index in [0.29, 0.717) is 6.42 Å². The summed E-state index contributed by atoms with van der Waals surface area (Å²) < 4.78 is 0. The molecule has 1 aliphatic heterocycles. The summed E-state index contributed by atoms with van der Waals surface area (Å²) in [5.74, 6) is 0.286. The third-order valence-electron chi connectivity index (χ3n) is 3.64. The van der Waals surface area contributed by atoms with Crippen LogP contribution in [-0.4, -0.2) is 36.0 Å². The summed E-state index contributed by atoms with van der Waals surface area (Å²) in [5.41, 5.74) is 1.26. The second-order valence-electron chi connectivity index (χ2n) is 5.56. The van der Waals surface area contributed by atoms with E-state index in [9.17, 15) is 4.79 Å². The van der Waals surface area contributed by atoms with Crippen molar-refractivity contribution in [3.05, 3.63) is 21.9 Å². The SMILES string of the molecule is Cc1ccsc1CCC(=O)N1CCNCC1(C)C. The van der Waals surface area contributed by atoms with Gasteiger partial charge < -0.3 is 10.2 Å². The molecule has 0 aromatic carbocycles. The molecule has 100 valence electrons. The van der Waals surface area contributed by atoms with E-state index in [0.717, 1.165) is 26.1 Å². The zero-order chi connectivity index (χ0) is 13.2. The summed E-state index contributed by atoms with van der Waals surface area (Å²) >= 11 is 1.75. The highest BCUT2D eigenvalue weighted by Crippen LogP contribution is 2.21. The molecule has 0 unspecified atom stereocenters. The first-order valence-corrected chi connectivity index (χ1v) is 7.43. The number of nitrogens with zero attached hydrogens (tertiary/aromatic N) is 1. The number of hydrogen-bond acceptors (Lipinski definition) is 3. The predicted octanol–water partition coefficient (Wildman–Crippen LogP) is 2.20. The predicted molar refractivity (Wildman–Crippen MR) is 76.0 cm³/mol. The van der Waals surface area contributed by atoms with Crippen LogP contribution in [0.15, 0.2) is 11.4 Å². The number of piperazine rings is 1. The van der Waals surface area contributed by atoms with Gasteiger partial charge in [0.1, 0.15) is 0 Å². The Hall–Kier alpha value is -0.870. The van der Waals surface area contributed by atoms with Crippen LogP contribution in [0.5, 0.6) is 0 Å². The summed E-state index contributed by atoms with van der Waals surface area (Å²) in [5, 5.41) is 5.45. The van der Waals surface area contributed by atoms with E-state index in [-0.39, 0.29) is 11.4 Å². The topological polar surface area (TPSA) is 32.3 Å². The monoisotopic (exact) mass is 266 g/mol. The van der Waals surface area contributed by atoms with Crippen molar-refractivity contribution in [1.29, 1.82) is 0 Å². The Balaban J connectivity index is 1.93. The van der Waals surface area contributed by atoms with Crippen LogP contribution in [-0.2, 0) is 11.2 Å². The third-order valence-corrected chi connectivity index (χ3v) is 4.72. The second-order valence-corrected chi connectivity index (χ2v) is 6.56. The van der Waals surface area contributed by atoms with Gasteiger partial charge in [-0.2, -0.15) is 0 Å². The fourth-order valence-electron chi connectivity index (χ4n) is 2.46. The van der Waals surface area contributed by atoms with Gasteiger partial charge in [0.15, 0.2) is 0 Å². The zero-order valence-electron chi connectivity index (χ0n) is 11.5. The number of carbonyl (C=O) groups excluding carboxylic acids is 1. The molecule has 1 aromatic rings. The fourth-order valence-corrected chi connectivity index (χ4v) is 3.37. The molecule has 1 aliphatic rings. The van der Waals surface area contributed by atoms with E-state index < -0.39 is 0 Å². The van der Waals surface area contributed by atoms with Crippen LogP contribution in [0.3, 0.4) is 0 Å². The van der Waals surface area contributed by atoms with Crippen molar-refractivity contribution < 1.29 is 4.79 Å². The number of amides is 1. The molecule has 1 aromatic heterocycles. The lowest BCUT2D eigenvalue weighted by Gasteiger charge is -2.43. The maximum atomic E-state index is 12.3. The van der Waals surface area contributed by atoms with Crippen molar-refractivity contribution in [3.8, 4) is 0 Å². The Morgan fingerprint density at radius 2 is 2.33 bits per heavy atom. The van der Waals surface area contributed by atoms with Gasteiger partial charge in [-0.1, -0.05) is 0 Å². The molecular formula is C14H22N2OS. The minimum Gasteiger partial charge on any atom is -0.335 e. The van der Waals surface area contributed by atoms with Gasteiger partial charge in [0, 0.05) is 36.5 Å². The fraction of sp³-hybridized carbons (Fsp3) is 0.643. The zero-order valence-corrected chi connectivity index (χ0v) is 12.3. The normalized spacial score (nSPS) is 18.9. The van der Waals surface area contributed by atoms with E-state index in [1.807, 2.05) is 4.90 Å². The molecule has 0 radical (unpaired) electrons. The second kappa shape index (κ2) is 5.41. The summed E-state index contributed by atoms with van der Waals surface area (Å²) in [6.45, 7) is 9.01. The molecule has 0 spiro atoms. The molecule has 1 saturated heterocycles. The van der Waals surface area contributed by atoms with Crippen molar-refractivity contribution in [2.75, 3.05) is 19.6 Å². The molecule has 0 atom stereocenters. The number of nitrogens with one attached hydrogen (secondary N) is 1. The Labute approximate surface area is 113 Å². The summed E-state index contributed by atoms with van der Waals surface area (Å²) in [7, 11) is 0. The molecule has 0 saturated carbocycles. The first-order valence-electron chi connectivity index (χ1n) is 6.55. The molecule has 18 heavy (non-hydrogen) atoms. The maximum Gasteiger partial charge on any atom is 0.223 e. The summed E-state index contributed by atoms with van der Waals surface area (Å²) in [6, 6.07) is 2.12. The van der Waals surface area contributed by atoms with E-state index in [2.05, 4.69) is 37.5 Å². The highest BCUT2D eigenvalue weighted by molar-refractivity contribution is 7.10. The lowest BCUT2D eigenvalue weighted by Crippen LogP contribution is -2.59. The molecule has 1 amide bonds. The van der Waals surface area contributed by atoms with E-state index in [4.69, 9.17) is 0 Å². The number of carbonyl (C=O) groups is 1. The first kappa shape index (κ1) is 13.6. The van der Waals surface area contributed by atoms with Gasteiger partial charge in [0.2, 0.25) is 5.91 Å². The molecule has 1 N–H and O–H groups in total. The minimum absolute atomic E-state index is 0.0557. The Bertz CT molecular complexity index is 425. The molecular weight excluding hydrogens is 244 g/mol. The number of aryl methyl sites for hydroxylation is 2. The molecule has 2 rings (SSSR count). The molecule has 0 bridgehead atoms. The Morgan fingerprint density at radius 1 is 1.56 bits per heavy atom. The van der Waals surface area contributed by atoms with Crippen LogP contribution in [0.25, 0.3) is 0 Å². The molecule has 2 heterocycles. The first-order chi connectivity index (χ1) is 8.50. The van der Waals surface area contributed by atoms with Gasteiger partial charge in [0.05, 0.1) is 0 Å². The van der Waals surface area contributed by atoms with Crippen LogP contribution in [0.1, 0.15) is 30.7 Å². The Kier molecular flexibility index (Phi) is 4.07. The van der Waals surface area contributed by atoms with Gasteiger partial charge in [0.25, 0.3) is 0 Å². The number of thiophene rings is 1. The van der Waals surface area contributed by atoms with E-state index in [1.54, 1.807) is 11.3 Å². The lowest BCUT2D eigenvalue weighted by atomic mass is 9.99. The van der Waals surface area contributed by atoms with Crippen LogP contribution >= 0.6 is 11.3 Å². The quantitative estimate of drug-likeness (QED) is 0.909. The standard InChI is InChI=1S/C14H22N2OS/c1-11-6-9-18-12(11)4-5-13(17)16-8-7-15-10-14(16,2)3/h6,9,15H,4-5,7-8,10H2,1-3H3. The average molecular weight is 266 g/mol. The molecule has 1 fully saturated rings. The van der Waals surface area contributed by atoms with Crippen molar-refractivity contribution in [2.45, 2.75) is 39.2 Å². The van der Waals surface area contributed by atoms with Gasteiger partial charge in [-0.3, -0.25) is 4.79 Å². The van der Waals surface area contributed by atoms with Crippen LogP contribution in [0.2, 0.25) is 0 Å². The van der Waals surface area contributed by atoms with Crippen molar-refractivity contribution >= 4 is 17.2 Å². The van der Waals surface area contributed by atoms with Crippen LogP contribution in [0.4, 0.5) is 0 Å². The average Bonchev–Trinajstić information content (AvgIpc) is 2.71. The molecule has 4 heteroatoms. The maximum absolute atomic E-state index is 12.3. The molecule has 0 aliphatic carbocycles. The van der Waals surface area contributed by atoms with Gasteiger partial charge in [-0.25, -0.2) is 0 Å². The van der Waals surface area contributed by atoms with E-state index in [1.165, 1.54) is 10.4 Å². The number of hydrogen-bond donors (Lipinski definition) is 1. The van der Waals surface area contributed by atoms with Crippen molar-refractivity contribution in [1.82, 2.24) is 10.2 Å². The van der Waals surface area contributed by atoms with Gasteiger partial charge >= 0.3 is 0 Å². The lowest BCUT2D eigenvalue weighted by molar-refractivity contribution is -0.137. The third kappa shape index (κ3) is 2.93. The van der Waals surface area contributed by atoms with Crippen LogP contribution in [0, 0.1) is 6.92 Å². The highest BCUT2D eigenvalue weighted by atomic mass is 32.1. The van der Waals surface area contributed by atoms with Gasteiger partial charge in [-0.15, -0.1) is 11.3 Å². The summed E-state index contributed by atoms with van der Waals surface area (Å²) in [6.07, 6.45) is 1.51. The largest absolute Gasteiger partial charge is 0.335 e. The smallest absolute Gasteiger partial charge is 0.223 e. The highest BCUT2D eigenvalue weighted by Gasteiger charge is 2.32. The number of rotatable bonds is 3.